The van der Waals surface area contributed by atoms with Gasteiger partial charge in [-0.2, -0.15) is 0 Å². The van der Waals surface area contributed by atoms with Crippen LogP contribution in [0.2, 0.25) is 0 Å². The molecular formula is C13H19ClN2O. The molecule has 1 aliphatic heterocycles. The monoisotopic (exact) mass is 254 g/mol. The topological polar surface area (TPSA) is 25.4 Å². The lowest BCUT2D eigenvalue weighted by molar-refractivity contribution is 0.0891. The Labute approximate surface area is 108 Å². The molecule has 1 aromatic rings. The lowest BCUT2D eigenvalue weighted by atomic mass is 10.1. The summed E-state index contributed by atoms with van der Waals surface area (Å²) in [6.45, 7) is 3.99. The predicted molar refractivity (Wildman–Crippen MR) is 70.8 cm³/mol. The van der Waals surface area contributed by atoms with Crippen molar-refractivity contribution in [3.05, 3.63) is 23.4 Å². The number of hydrogen-bond acceptors (Lipinski definition) is 3. The smallest absolute Gasteiger partial charge is 0.129 e. The van der Waals surface area contributed by atoms with Crippen LogP contribution in [0.1, 0.15) is 24.1 Å². The minimum absolute atomic E-state index is 0.325. The lowest BCUT2D eigenvalue weighted by Crippen LogP contribution is -2.39. The number of alkyl halides is 1. The molecule has 4 heteroatoms. The molecule has 0 N–H and O–H groups in total. The Morgan fingerprint density at radius 2 is 2.35 bits per heavy atom. The van der Waals surface area contributed by atoms with E-state index in [0.717, 1.165) is 43.0 Å². The van der Waals surface area contributed by atoms with Gasteiger partial charge in [-0.3, -0.25) is 0 Å². The largest absolute Gasteiger partial charge is 0.380 e. The maximum atomic E-state index is 5.89. The van der Waals surface area contributed by atoms with Crippen LogP contribution in [0, 0.1) is 6.92 Å². The fraction of sp³-hybridized carbons (Fsp3) is 0.615. The number of ether oxygens (including phenoxy) is 1. The first-order valence-electron chi connectivity index (χ1n) is 6.04. The number of aryl methyl sites for hydroxylation is 1. The standard InChI is InChI=1S/C13H19ClN2O/c1-10-6-11(8-14)7-13(15-10)16-5-3-4-12(9-16)17-2/h6-7,12H,3-5,8-9H2,1-2H3. The highest BCUT2D eigenvalue weighted by molar-refractivity contribution is 6.17. The number of pyridine rings is 1. The molecule has 1 aromatic heterocycles. The van der Waals surface area contributed by atoms with Crippen molar-refractivity contribution >= 4 is 17.4 Å². The summed E-state index contributed by atoms with van der Waals surface area (Å²) in [5, 5.41) is 0. The van der Waals surface area contributed by atoms with E-state index in [2.05, 4.69) is 16.0 Å². The summed E-state index contributed by atoms with van der Waals surface area (Å²) >= 11 is 5.89. The second-order valence-corrected chi connectivity index (χ2v) is 4.82. The number of aromatic nitrogens is 1. The molecule has 17 heavy (non-hydrogen) atoms. The van der Waals surface area contributed by atoms with Crippen molar-refractivity contribution in [1.29, 1.82) is 0 Å². The fourth-order valence-electron chi connectivity index (χ4n) is 2.30. The van der Waals surface area contributed by atoms with Crippen molar-refractivity contribution in [2.45, 2.75) is 31.7 Å². The van der Waals surface area contributed by atoms with Crippen molar-refractivity contribution in [3.8, 4) is 0 Å². The van der Waals surface area contributed by atoms with Crippen molar-refractivity contribution in [2.24, 2.45) is 0 Å². The predicted octanol–water partition coefficient (Wildman–Crippen LogP) is 2.74. The molecule has 94 valence electrons. The molecule has 1 aliphatic rings. The van der Waals surface area contributed by atoms with E-state index in [1.807, 2.05) is 13.0 Å². The van der Waals surface area contributed by atoms with Gasteiger partial charge >= 0.3 is 0 Å². The summed E-state index contributed by atoms with van der Waals surface area (Å²) in [5.74, 6) is 1.57. The van der Waals surface area contributed by atoms with Crippen LogP contribution in [0.4, 0.5) is 5.82 Å². The molecule has 0 aromatic carbocycles. The SMILES string of the molecule is COC1CCCN(c2cc(CCl)cc(C)n2)C1. The zero-order valence-electron chi connectivity index (χ0n) is 10.4. The zero-order chi connectivity index (χ0) is 12.3. The Kier molecular flexibility index (Phi) is 4.24. The van der Waals surface area contributed by atoms with E-state index in [-0.39, 0.29) is 0 Å². The third-order valence-electron chi connectivity index (χ3n) is 3.19. The molecule has 2 rings (SSSR count). The van der Waals surface area contributed by atoms with E-state index in [0.29, 0.717) is 12.0 Å². The quantitative estimate of drug-likeness (QED) is 0.776. The van der Waals surface area contributed by atoms with E-state index in [4.69, 9.17) is 16.3 Å². The van der Waals surface area contributed by atoms with Gasteiger partial charge in [-0.05, 0) is 37.5 Å². The van der Waals surface area contributed by atoms with E-state index in [1.54, 1.807) is 7.11 Å². The van der Waals surface area contributed by atoms with E-state index >= 15 is 0 Å². The van der Waals surface area contributed by atoms with Crippen molar-refractivity contribution in [3.63, 3.8) is 0 Å². The Balaban J connectivity index is 2.18. The Hall–Kier alpha value is -0.800. The molecule has 1 unspecified atom stereocenters. The molecule has 0 saturated carbocycles. The van der Waals surface area contributed by atoms with Crippen LogP contribution in [0.5, 0.6) is 0 Å². The number of anilines is 1. The highest BCUT2D eigenvalue weighted by Crippen LogP contribution is 2.21. The number of halogens is 1. The van der Waals surface area contributed by atoms with Crippen LogP contribution in [0.25, 0.3) is 0 Å². The minimum atomic E-state index is 0.325. The normalized spacial score (nSPS) is 20.6. The summed E-state index contributed by atoms with van der Waals surface area (Å²) in [6, 6.07) is 4.12. The van der Waals surface area contributed by atoms with Gasteiger partial charge in [-0.15, -0.1) is 11.6 Å². The maximum Gasteiger partial charge on any atom is 0.129 e. The molecule has 3 nitrogen and oxygen atoms in total. The first-order valence-corrected chi connectivity index (χ1v) is 6.57. The summed E-state index contributed by atoms with van der Waals surface area (Å²) in [6.07, 6.45) is 2.62. The van der Waals surface area contributed by atoms with Crippen LogP contribution in [0.15, 0.2) is 12.1 Å². The summed E-state index contributed by atoms with van der Waals surface area (Å²) in [5.41, 5.74) is 2.16. The Morgan fingerprint density at radius 3 is 3.06 bits per heavy atom. The van der Waals surface area contributed by atoms with Gasteiger partial charge in [0.15, 0.2) is 0 Å². The molecule has 1 atom stereocenters. The van der Waals surface area contributed by atoms with Crippen LogP contribution in [-0.2, 0) is 10.6 Å². The Morgan fingerprint density at radius 1 is 1.53 bits per heavy atom. The molecule has 0 radical (unpaired) electrons. The number of piperidine rings is 1. The van der Waals surface area contributed by atoms with Gasteiger partial charge in [0.05, 0.1) is 6.10 Å². The molecule has 0 aliphatic carbocycles. The van der Waals surface area contributed by atoms with Gasteiger partial charge < -0.3 is 9.64 Å². The highest BCUT2D eigenvalue weighted by Gasteiger charge is 2.20. The van der Waals surface area contributed by atoms with Gasteiger partial charge in [-0.1, -0.05) is 0 Å². The number of rotatable bonds is 3. The Bertz CT molecular complexity index is 384. The van der Waals surface area contributed by atoms with Crippen LogP contribution >= 0.6 is 11.6 Å². The highest BCUT2D eigenvalue weighted by atomic mass is 35.5. The first-order chi connectivity index (χ1) is 8.22. The van der Waals surface area contributed by atoms with Gasteiger partial charge in [-0.25, -0.2) is 4.98 Å². The van der Waals surface area contributed by atoms with Gasteiger partial charge in [0, 0.05) is 31.8 Å². The number of nitrogens with zero attached hydrogens (tertiary/aromatic N) is 2. The molecule has 2 heterocycles. The van der Waals surface area contributed by atoms with Gasteiger partial charge in [0.2, 0.25) is 0 Å². The third-order valence-corrected chi connectivity index (χ3v) is 3.50. The molecule has 0 amide bonds. The summed E-state index contributed by atoms with van der Waals surface area (Å²) in [4.78, 5) is 6.88. The van der Waals surface area contributed by atoms with E-state index in [1.165, 1.54) is 0 Å². The zero-order valence-corrected chi connectivity index (χ0v) is 11.2. The van der Waals surface area contributed by atoms with E-state index < -0.39 is 0 Å². The first kappa shape index (κ1) is 12.7. The third kappa shape index (κ3) is 3.11. The maximum absolute atomic E-state index is 5.89. The van der Waals surface area contributed by atoms with Crippen LogP contribution in [0.3, 0.4) is 0 Å². The van der Waals surface area contributed by atoms with Crippen molar-refractivity contribution in [2.75, 3.05) is 25.1 Å². The van der Waals surface area contributed by atoms with Crippen molar-refractivity contribution < 1.29 is 4.74 Å². The molecule has 1 fully saturated rings. The average Bonchev–Trinajstić information content (AvgIpc) is 2.38. The second-order valence-electron chi connectivity index (χ2n) is 4.55. The van der Waals surface area contributed by atoms with Gasteiger partial charge in [0.25, 0.3) is 0 Å². The summed E-state index contributed by atoms with van der Waals surface area (Å²) < 4.78 is 5.43. The molecular weight excluding hydrogens is 236 g/mol. The minimum Gasteiger partial charge on any atom is -0.380 e. The second kappa shape index (κ2) is 5.69. The average molecular weight is 255 g/mol. The molecule has 0 bridgehead atoms. The fourth-order valence-corrected chi connectivity index (χ4v) is 2.45. The number of hydrogen-bond donors (Lipinski definition) is 0. The van der Waals surface area contributed by atoms with Crippen molar-refractivity contribution in [1.82, 2.24) is 4.98 Å². The molecule has 1 saturated heterocycles. The number of methoxy groups -OCH3 is 1. The van der Waals surface area contributed by atoms with Crippen LogP contribution in [-0.4, -0.2) is 31.3 Å². The summed E-state index contributed by atoms with van der Waals surface area (Å²) in [7, 11) is 1.78. The van der Waals surface area contributed by atoms with E-state index in [9.17, 15) is 0 Å². The molecule has 0 spiro atoms. The van der Waals surface area contributed by atoms with Crippen LogP contribution < -0.4 is 4.90 Å². The lowest BCUT2D eigenvalue weighted by Gasteiger charge is -2.33. The van der Waals surface area contributed by atoms with Gasteiger partial charge in [0.1, 0.15) is 5.82 Å².